The molecule has 9 heteroatoms. The van der Waals surface area contributed by atoms with Gasteiger partial charge in [0.25, 0.3) is 0 Å². The molecular weight excluding hydrogens is 330 g/mol. The van der Waals surface area contributed by atoms with Crippen molar-refractivity contribution in [3.05, 3.63) is 38.1 Å². The van der Waals surface area contributed by atoms with Crippen molar-refractivity contribution in [1.82, 2.24) is 20.1 Å². The molecule has 1 aromatic carbocycles. The second-order valence-electron chi connectivity index (χ2n) is 4.22. The molecule has 0 aliphatic rings. The molecule has 0 saturated heterocycles. The number of nitrogens with zero attached hydrogens (tertiary/aromatic N) is 5. The fraction of sp³-hybridized carbons (Fsp3) is 0.182. The first-order chi connectivity index (χ1) is 9.50. The van der Waals surface area contributed by atoms with Gasteiger partial charge in [0.05, 0.1) is 26.5 Å². The zero-order valence-electron chi connectivity index (χ0n) is 10.5. The Kier molecular flexibility index (Phi) is 2.78. The molecule has 0 saturated carbocycles. The topological polar surface area (TPSA) is 99.9 Å². The number of hydrogen-bond donors (Lipinski definition) is 0. The number of rotatable bonds is 2. The van der Waals surface area contributed by atoms with Gasteiger partial charge in [-0.3, -0.25) is 10.1 Å². The molecule has 8 nitrogen and oxygen atoms in total. The number of nitro benzene ring substituents is 1. The van der Waals surface area contributed by atoms with Crippen molar-refractivity contribution in [3.8, 4) is 5.69 Å². The molecular formula is C11H8BrN5O3. The number of halogens is 1. The van der Waals surface area contributed by atoms with Gasteiger partial charge in [-0.1, -0.05) is 0 Å². The minimum Gasteiger partial charge on any atom is -0.258 e. The van der Waals surface area contributed by atoms with E-state index in [9.17, 15) is 10.1 Å². The predicted octanol–water partition coefficient (Wildman–Crippen LogP) is 2.70. The van der Waals surface area contributed by atoms with Crippen molar-refractivity contribution >= 4 is 32.7 Å². The zero-order valence-corrected chi connectivity index (χ0v) is 12.1. The summed E-state index contributed by atoms with van der Waals surface area (Å²) >= 11 is 3.44. The van der Waals surface area contributed by atoms with Gasteiger partial charge in [0, 0.05) is 6.07 Å². The first-order valence-corrected chi connectivity index (χ1v) is 6.41. The quantitative estimate of drug-likeness (QED) is 0.526. The zero-order chi connectivity index (χ0) is 14.4. The second kappa shape index (κ2) is 4.37. The largest absolute Gasteiger partial charge is 0.300 e. The van der Waals surface area contributed by atoms with Crippen molar-refractivity contribution in [2.45, 2.75) is 13.8 Å². The number of aryl methyl sites for hydroxylation is 1. The molecule has 0 fully saturated rings. The van der Waals surface area contributed by atoms with E-state index in [0.717, 1.165) is 15.9 Å². The fourth-order valence-corrected chi connectivity index (χ4v) is 2.26. The Balaban J connectivity index is 2.33. The Morgan fingerprint density at radius 2 is 2.00 bits per heavy atom. The molecule has 3 rings (SSSR count). The molecule has 0 unspecified atom stereocenters. The van der Waals surface area contributed by atoms with Crippen LogP contribution in [0.5, 0.6) is 0 Å². The van der Waals surface area contributed by atoms with E-state index in [1.807, 2.05) is 13.8 Å². The summed E-state index contributed by atoms with van der Waals surface area (Å²) in [6, 6.07) is 2.95. The predicted molar refractivity (Wildman–Crippen MR) is 72.8 cm³/mol. The standard InChI is InChI=1S/C11H8BrN5O3/c1-5-9(12)6(2)16(13-5)7-3-4-8(17(18)19)11-10(7)14-20-15-11/h3-4H,1-2H3. The van der Waals surface area contributed by atoms with E-state index in [2.05, 4.69) is 36.0 Å². The summed E-state index contributed by atoms with van der Waals surface area (Å²) in [4.78, 5) is 10.4. The summed E-state index contributed by atoms with van der Waals surface area (Å²) in [5.74, 6) is 0. The third kappa shape index (κ3) is 1.70. The van der Waals surface area contributed by atoms with E-state index in [1.54, 1.807) is 10.7 Å². The lowest BCUT2D eigenvalue weighted by Crippen LogP contribution is -2.01. The Labute approximate surface area is 120 Å². The monoisotopic (exact) mass is 337 g/mol. The Morgan fingerprint density at radius 1 is 1.30 bits per heavy atom. The van der Waals surface area contributed by atoms with Gasteiger partial charge in [0.2, 0.25) is 5.52 Å². The van der Waals surface area contributed by atoms with Crippen LogP contribution in [0.15, 0.2) is 21.2 Å². The van der Waals surface area contributed by atoms with Crippen molar-refractivity contribution in [1.29, 1.82) is 0 Å². The lowest BCUT2D eigenvalue weighted by molar-refractivity contribution is -0.383. The van der Waals surface area contributed by atoms with E-state index in [-0.39, 0.29) is 11.2 Å². The Bertz CT molecular complexity index is 838. The maximum atomic E-state index is 11.0. The highest BCUT2D eigenvalue weighted by Gasteiger charge is 2.22. The average Bonchev–Trinajstić information content (AvgIpc) is 2.98. The third-order valence-electron chi connectivity index (χ3n) is 3.00. The number of aromatic nitrogens is 4. The van der Waals surface area contributed by atoms with Gasteiger partial charge >= 0.3 is 5.69 Å². The van der Waals surface area contributed by atoms with Gasteiger partial charge < -0.3 is 0 Å². The van der Waals surface area contributed by atoms with Crippen LogP contribution in [0.25, 0.3) is 16.7 Å². The maximum Gasteiger partial charge on any atom is 0.300 e. The van der Waals surface area contributed by atoms with E-state index in [0.29, 0.717) is 11.2 Å². The maximum absolute atomic E-state index is 11.0. The Hall–Kier alpha value is -2.29. The number of nitro groups is 1. The molecule has 0 aliphatic heterocycles. The van der Waals surface area contributed by atoms with Crippen LogP contribution in [-0.4, -0.2) is 25.0 Å². The summed E-state index contributed by atoms with van der Waals surface area (Å²) < 4.78 is 7.16. The lowest BCUT2D eigenvalue weighted by Gasteiger charge is -2.04. The van der Waals surface area contributed by atoms with E-state index in [1.165, 1.54) is 6.07 Å². The van der Waals surface area contributed by atoms with E-state index in [4.69, 9.17) is 0 Å². The molecule has 0 spiro atoms. The van der Waals surface area contributed by atoms with E-state index < -0.39 is 4.92 Å². The molecule has 0 aliphatic carbocycles. The minimum atomic E-state index is -0.520. The third-order valence-corrected chi connectivity index (χ3v) is 4.15. The number of fused-ring (bicyclic) bond motifs is 1. The smallest absolute Gasteiger partial charge is 0.258 e. The molecule has 2 heterocycles. The van der Waals surface area contributed by atoms with Gasteiger partial charge in [0.15, 0.2) is 5.52 Å². The average molecular weight is 338 g/mol. The van der Waals surface area contributed by atoms with Crippen LogP contribution >= 0.6 is 15.9 Å². The highest BCUT2D eigenvalue weighted by atomic mass is 79.9. The van der Waals surface area contributed by atoms with Crippen LogP contribution < -0.4 is 0 Å². The molecule has 0 atom stereocenters. The summed E-state index contributed by atoms with van der Waals surface area (Å²) in [6.07, 6.45) is 0. The summed E-state index contributed by atoms with van der Waals surface area (Å²) in [6.45, 7) is 3.74. The van der Waals surface area contributed by atoms with Crippen molar-refractivity contribution in [2.75, 3.05) is 0 Å². The molecule has 0 bridgehead atoms. The number of hydrogen-bond acceptors (Lipinski definition) is 6. The fourth-order valence-electron chi connectivity index (χ4n) is 2.02. The molecule has 0 amide bonds. The Morgan fingerprint density at radius 3 is 2.60 bits per heavy atom. The molecule has 0 N–H and O–H groups in total. The van der Waals surface area contributed by atoms with Gasteiger partial charge in [-0.2, -0.15) is 5.10 Å². The first kappa shape index (κ1) is 12.7. The molecule has 20 heavy (non-hydrogen) atoms. The second-order valence-corrected chi connectivity index (χ2v) is 5.01. The summed E-state index contributed by atoms with van der Waals surface area (Å²) in [7, 11) is 0. The van der Waals surface area contributed by atoms with Gasteiger partial charge in [-0.15, -0.1) is 0 Å². The van der Waals surface area contributed by atoms with Crippen LogP contribution in [-0.2, 0) is 0 Å². The van der Waals surface area contributed by atoms with Crippen LogP contribution in [0.1, 0.15) is 11.4 Å². The molecule has 102 valence electrons. The van der Waals surface area contributed by atoms with Crippen LogP contribution in [0, 0.1) is 24.0 Å². The van der Waals surface area contributed by atoms with Gasteiger partial charge in [-0.25, -0.2) is 9.31 Å². The van der Waals surface area contributed by atoms with Crippen LogP contribution in [0.3, 0.4) is 0 Å². The summed E-state index contributed by atoms with van der Waals surface area (Å²) in [5, 5.41) is 22.7. The lowest BCUT2D eigenvalue weighted by atomic mass is 10.2. The van der Waals surface area contributed by atoms with Crippen molar-refractivity contribution in [3.63, 3.8) is 0 Å². The van der Waals surface area contributed by atoms with Gasteiger partial charge in [0.1, 0.15) is 0 Å². The number of non-ortho nitro benzene ring substituents is 1. The molecule has 0 radical (unpaired) electrons. The molecule has 3 aromatic rings. The van der Waals surface area contributed by atoms with E-state index >= 15 is 0 Å². The summed E-state index contributed by atoms with van der Waals surface area (Å²) in [5.41, 5.74) is 2.52. The highest BCUT2D eigenvalue weighted by Crippen LogP contribution is 2.30. The van der Waals surface area contributed by atoms with Crippen molar-refractivity contribution < 1.29 is 9.55 Å². The highest BCUT2D eigenvalue weighted by molar-refractivity contribution is 9.10. The van der Waals surface area contributed by atoms with Crippen LogP contribution in [0.2, 0.25) is 0 Å². The van der Waals surface area contributed by atoms with Gasteiger partial charge in [-0.05, 0) is 46.2 Å². The van der Waals surface area contributed by atoms with Crippen molar-refractivity contribution in [2.24, 2.45) is 0 Å². The first-order valence-electron chi connectivity index (χ1n) is 5.62. The number of benzene rings is 1. The minimum absolute atomic E-state index is 0.108. The normalized spacial score (nSPS) is 11.2. The van der Waals surface area contributed by atoms with Crippen LogP contribution in [0.4, 0.5) is 5.69 Å². The SMILES string of the molecule is Cc1nn(-c2ccc([N+](=O)[O-])c3nonc23)c(C)c1Br. The molecule has 2 aromatic heterocycles.